The van der Waals surface area contributed by atoms with Gasteiger partial charge in [-0.25, -0.2) is 0 Å². The predicted octanol–water partition coefficient (Wildman–Crippen LogP) is 5.61. The highest BCUT2D eigenvalue weighted by atomic mass is 32.2. The Kier molecular flexibility index (Phi) is 7.16. The van der Waals surface area contributed by atoms with Crippen LogP contribution in [0.1, 0.15) is 27.3 Å². The van der Waals surface area contributed by atoms with Gasteiger partial charge in [-0.2, -0.15) is 4.68 Å². The monoisotopic (exact) mass is 487 g/mol. The molecule has 0 aliphatic heterocycles. The van der Waals surface area contributed by atoms with Crippen molar-refractivity contribution in [3.05, 3.63) is 132 Å². The maximum Gasteiger partial charge on any atom is 0.256 e. The number of hydrogen-bond acceptors (Lipinski definition) is 5. The Balaban J connectivity index is 1.29. The van der Waals surface area contributed by atoms with Gasteiger partial charge in [-0.1, -0.05) is 66.4 Å². The molecule has 36 heavy (non-hydrogen) atoms. The van der Waals surface area contributed by atoms with E-state index in [4.69, 9.17) is 0 Å². The van der Waals surface area contributed by atoms with Crippen LogP contribution in [0.5, 0.6) is 0 Å². The van der Waals surface area contributed by atoms with Crippen LogP contribution in [0.4, 0.5) is 5.69 Å². The van der Waals surface area contributed by atoms with Gasteiger partial charge in [0.1, 0.15) is 0 Å². The second-order valence-corrected chi connectivity index (χ2v) is 8.80. The van der Waals surface area contributed by atoms with Crippen molar-refractivity contribution in [1.82, 2.24) is 20.2 Å². The quantitative estimate of drug-likeness (QED) is 0.249. The van der Waals surface area contributed by atoms with E-state index in [-0.39, 0.29) is 5.91 Å². The number of nitrogens with one attached hydrogen (secondary N) is 1. The van der Waals surface area contributed by atoms with Crippen molar-refractivity contribution in [3.63, 3.8) is 0 Å². The summed E-state index contributed by atoms with van der Waals surface area (Å²) in [4.78, 5) is 14.0. The number of anilines is 1. The minimum atomic E-state index is -0.186. The molecule has 0 aliphatic carbocycles. The van der Waals surface area contributed by atoms with Crippen LogP contribution in [0.3, 0.4) is 0 Å². The molecule has 0 atom stereocenters. The van der Waals surface area contributed by atoms with Gasteiger partial charge in [-0.05, 0) is 65.0 Å². The van der Waals surface area contributed by atoms with E-state index in [9.17, 15) is 4.79 Å². The third-order valence-electron chi connectivity index (χ3n) is 5.27. The number of carbonyl (C=O) groups is 1. The van der Waals surface area contributed by atoms with Crippen molar-refractivity contribution in [2.24, 2.45) is 0 Å². The summed E-state index contributed by atoms with van der Waals surface area (Å²) in [5.74, 6) is 7.32. The minimum Gasteiger partial charge on any atom is -0.322 e. The number of nitrogens with zero attached hydrogens (tertiary/aromatic N) is 4. The lowest BCUT2D eigenvalue weighted by atomic mass is 10.1. The zero-order valence-corrected chi connectivity index (χ0v) is 20.0. The van der Waals surface area contributed by atoms with E-state index >= 15 is 0 Å². The molecule has 1 amide bonds. The highest BCUT2D eigenvalue weighted by Crippen LogP contribution is 2.27. The molecule has 0 radical (unpaired) electrons. The number of aromatic nitrogens is 4. The number of rotatable bonds is 6. The zero-order chi connectivity index (χ0) is 24.6. The average Bonchev–Trinajstić information content (AvgIpc) is 3.41. The Morgan fingerprint density at radius 3 is 2.33 bits per heavy atom. The highest BCUT2D eigenvalue weighted by molar-refractivity contribution is 7.98. The first-order chi connectivity index (χ1) is 17.8. The lowest BCUT2D eigenvalue weighted by Crippen LogP contribution is -2.13. The first-order valence-corrected chi connectivity index (χ1v) is 12.3. The van der Waals surface area contributed by atoms with Crippen LogP contribution in [0, 0.1) is 11.8 Å². The molecule has 0 spiro atoms. The molecule has 7 heteroatoms. The van der Waals surface area contributed by atoms with Gasteiger partial charge in [-0.3, -0.25) is 4.79 Å². The fourth-order valence-electron chi connectivity index (χ4n) is 3.53. The van der Waals surface area contributed by atoms with Gasteiger partial charge >= 0.3 is 0 Å². The summed E-state index contributed by atoms with van der Waals surface area (Å²) in [6.45, 7) is 0. The number of thioether (sulfide) groups is 1. The number of carbonyl (C=O) groups excluding carboxylic acids is 1. The molecular formula is C29H21N5OS. The molecule has 0 saturated heterocycles. The van der Waals surface area contributed by atoms with Crippen molar-refractivity contribution in [1.29, 1.82) is 0 Å². The standard InChI is InChI=1S/C29H21N5OS/c35-29(30-24-13-9-12-23(20-24)19-18-22-10-3-1-4-11-22)26-16-7-8-17-27(26)36-21-28-31-32-33-34(28)25-14-5-2-6-15-25/h1-17,20H,21H2,(H,30,35). The van der Waals surface area contributed by atoms with E-state index in [1.165, 1.54) is 11.8 Å². The van der Waals surface area contributed by atoms with E-state index < -0.39 is 0 Å². The number of benzene rings is 4. The van der Waals surface area contributed by atoms with Crippen molar-refractivity contribution in [3.8, 4) is 17.5 Å². The molecule has 5 rings (SSSR count). The summed E-state index contributed by atoms with van der Waals surface area (Å²) in [5.41, 5.74) is 3.93. The van der Waals surface area contributed by atoms with Crippen LogP contribution < -0.4 is 5.32 Å². The second-order valence-electron chi connectivity index (χ2n) is 7.78. The first-order valence-electron chi connectivity index (χ1n) is 11.3. The Morgan fingerprint density at radius 1 is 0.806 bits per heavy atom. The normalized spacial score (nSPS) is 10.3. The van der Waals surface area contributed by atoms with Crippen LogP contribution in [-0.4, -0.2) is 26.1 Å². The third-order valence-corrected chi connectivity index (χ3v) is 6.34. The number of tetrazole rings is 1. The maximum absolute atomic E-state index is 13.2. The SMILES string of the molecule is O=C(Nc1cccc(C#Cc2ccccc2)c1)c1ccccc1SCc1nnnn1-c1ccccc1. The summed E-state index contributed by atoms with van der Waals surface area (Å²) in [6.07, 6.45) is 0. The maximum atomic E-state index is 13.2. The fraction of sp³-hybridized carbons (Fsp3) is 0.0345. The Labute approximate surface area is 213 Å². The predicted molar refractivity (Wildman–Crippen MR) is 142 cm³/mol. The molecule has 1 N–H and O–H groups in total. The third kappa shape index (κ3) is 5.69. The van der Waals surface area contributed by atoms with E-state index in [0.717, 1.165) is 21.7 Å². The topological polar surface area (TPSA) is 72.7 Å². The second kappa shape index (κ2) is 11.2. The van der Waals surface area contributed by atoms with Gasteiger partial charge < -0.3 is 5.32 Å². The summed E-state index contributed by atoms with van der Waals surface area (Å²) < 4.78 is 1.71. The highest BCUT2D eigenvalue weighted by Gasteiger charge is 2.14. The van der Waals surface area contributed by atoms with Gasteiger partial charge in [0, 0.05) is 21.7 Å². The lowest BCUT2D eigenvalue weighted by Gasteiger charge is -2.10. The molecule has 1 heterocycles. The van der Waals surface area contributed by atoms with E-state index in [1.807, 2.05) is 109 Å². The Hall–Kier alpha value is -4.67. The van der Waals surface area contributed by atoms with Crippen molar-refractivity contribution >= 4 is 23.4 Å². The molecule has 6 nitrogen and oxygen atoms in total. The van der Waals surface area contributed by atoms with E-state index in [0.29, 0.717) is 22.8 Å². The van der Waals surface area contributed by atoms with E-state index in [1.54, 1.807) is 4.68 Å². The average molecular weight is 488 g/mol. The number of hydrogen-bond donors (Lipinski definition) is 1. The summed E-state index contributed by atoms with van der Waals surface area (Å²) in [5, 5.41) is 15.1. The van der Waals surface area contributed by atoms with E-state index in [2.05, 4.69) is 32.7 Å². The largest absolute Gasteiger partial charge is 0.322 e. The number of para-hydroxylation sites is 1. The van der Waals surface area contributed by atoms with Crippen molar-refractivity contribution in [2.45, 2.75) is 10.6 Å². The van der Waals surface area contributed by atoms with Crippen LogP contribution in [-0.2, 0) is 5.75 Å². The van der Waals surface area contributed by atoms with Crippen molar-refractivity contribution in [2.75, 3.05) is 5.32 Å². The minimum absolute atomic E-state index is 0.186. The fourth-order valence-corrected chi connectivity index (χ4v) is 4.48. The molecule has 0 fully saturated rings. The van der Waals surface area contributed by atoms with Crippen LogP contribution in [0.25, 0.3) is 5.69 Å². The molecular weight excluding hydrogens is 466 g/mol. The van der Waals surface area contributed by atoms with Crippen LogP contribution in [0.2, 0.25) is 0 Å². The summed E-state index contributed by atoms with van der Waals surface area (Å²) in [6, 6.07) is 34.6. The molecule has 0 bridgehead atoms. The number of amides is 1. The molecule has 5 aromatic rings. The van der Waals surface area contributed by atoms with Gasteiger partial charge in [0.05, 0.1) is 17.0 Å². The summed E-state index contributed by atoms with van der Waals surface area (Å²) in [7, 11) is 0. The molecule has 4 aromatic carbocycles. The smallest absolute Gasteiger partial charge is 0.256 e. The van der Waals surface area contributed by atoms with Crippen LogP contribution >= 0.6 is 11.8 Å². The first kappa shape index (κ1) is 23.1. The molecule has 0 saturated carbocycles. The zero-order valence-electron chi connectivity index (χ0n) is 19.2. The van der Waals surface area contributed by atoms with Crippen molar-refractivity contribution < 1.29 is 4.79 Å². The van der Waals surface area contributed by atoms with Gasteiger partial charge in [0.15, 0.2) is 5.82 Å². The lowest BCUT2D eigenvalue weighted by molar-refractivity contribution is 0.102. The molecule has 0 aliphatic rings. The van der Waals surface area contributed by atoms with Gasteiger partial charge in [0.25, 0.3) is 5.91 Å². The summed E-state index contributed by atoms with van der Waals surface area (Å²) >= 11 is 1.51. The van der Waals surface area contributed by atoms with Gasteiger partial charge in [-0.15, -0.1) is 16.9 Å². The van der Waals surface area contributed by atoms with Gasteiger partial charge in [0.2, 0.25) is 0 Å². The Morgan fingerprint density at radius 2 is 1.50 bits per heavy atom. The van der Waals surface area contributed by atoms with Crippen LogP contribution in [0.15, 0.2) is 114 Å². The molecule has 174 valence electrons. The molecule has 0 unspecified atom stereocenters. The Bertz CT molecular complexity index is 1540. The molecule has 1 aromatic heterocycles.